The molecule has 1 fully saturated rings. The summed E-state index contributed by atoms with van der Waals surface area (Å²) in [7, 11) is 0. The van der Waals surface area contributed by atoms with Gasteiger partial charge >= 0.3 is 0 Å². The predicted octanol–water partition coefficient (Wildman–Crippen LogP) is 1.86. The number of aromatic amines is 1. The minimum Gasteiger partial charge on any atom is -0.368 e. The highest BCUT2D eigenvalue weighted by Crippen LogP contribution is 2.27. The monoisotopic (exact) mass is 305 g/mol. The summed E-state index contributed by atoms with van der Waals surface area (Å²) in [6.45, 7) is 1.69. The van der Waals surface area contributed by atoms with Gasteiger partial charge < -0.3 is 10.2 Å². The Morgan fingerprint density at radius 1 is 1.43 bits per heavy atom. The summed E-state index contributed by atoms with van der Waals surface area (Å²) in [5, 5.41) is 13.6. The molecule has 1 amide bonds. The molecule has 3 rings (SSSR count). The molecule has 0 spiro atoms. The highest BCUT2D eigenvalue weighted by molar-refractivity contribution is 6.33. The van der Waals surface area contributed by atoms with Crippen molar-refractivity contribution >= 4 is 23.2 Å². The van der Waals surface area contributed by atoms with Crippen LogP contribution in [-0.2, 0) is 0 Å². The number of H-pyrrole nitrogens is 1. The maximum atomic E-state index is 12.0. The Labute approximate surface area is 127 Å². The maximum Gasteiger partial charge on any atom is 0.273 e. The molecule has 1 saturated heterocycles. The molecule has 0 bridgehead atoms. The number of hydrogen-bond donors (Lipinski definition) is 2. The lowest BCUT2D eigenvalue weighted by atomic mass is 10.0. The first kappa shape index (κ1) is 13.9. The number of nitrogens with one attached hydrogen (secondary N) is 2. The van der Waals surface area contributed by atoms with Gasteiger partial charge in [0.15, 0.2) is 5.69 Å². The molecule has 0 aliphatic carbocycles. The summed E-state index contributed by atoms with van der Waals surface area (Å²) in [6.07, 6.45) is 3.38. The average Bonchev–Trinajstić information content (AvgIpc) is 3.02. The van der Waals surface area contributed by atoms with Crippen LogP contribution in [0.3, 0.4) is 0 Å². The zero-order valence-corrected chi connectivity index (χ0v) is 12.2. The number of piperidine rings is 1. The van der Waals surface area contributed by atoms with Crippen molar-refractivity contribution in [3.8, 4) is 0 Å². The third-order valence-electron chi connectivity index (χ3n) is 3.60. The molecular formula is C14H16ClN5O. The number of carbonyl (C=O) groups is 1. The summed E-state index contributed by atoms with van der Waals surface area (Å²) in [6, 6.07) is 7.86. The van der Waals surface area contributed by atoms with Gasteiger partial charge in [-0.3, -0.25) is 4.79 Å². The SMILES string of the molecule is O=C(N[C@@H]1CCCN(c2ccccc2Cl)C1)c1cn[nH]n1. The Kier molecular flexibility index (Phi) is 4.06. The topological polar surface area (TPSA) is 73.9 Å². The lowest BCUT2D eigenvalue weighted by Gasteiger charge is -2.35. The van der Waals surface area contributed by atoms with Crippen LogP contribution in [0.1, 0.15) is 23.3 Å². The molecule has 1 atom stereocenters. The normalized spacial score (nSPS) is 18.5. The maximum absolute atomic E-state index is 12.0. The molecule has 0 saturated carbocycles. The van der Waals surface area contributed by atoms with Gasteiger partial charge in [0, 0.05) is 19.1 Å². The minimum absolute atomic E-state index is 0.0826. The molecule has 1 aromatic carbocycles. The molecule has 1 aliphatic heterocycles. The highest BCUT2D eigenvalue weighted by atomic mass is 35.5. The van der Waals surface area contributed by atoms with Crippen LogP contribution in [0.4, 0.5) is 5.69 Å². The molecule has 110 valence electrons. The van der Waals surface area contributed by atoms with E-state index in [0.29, 0.717) is 5.69 Å². The third kappa shape index (κ3) is 3.16. The van der Waals surface area contributed by atoms with E-state index >= 15 is 0 Å². The fourth-order valence-corrected chi connectivity index (χ4v) is 2.85. The van der Waals surface area contributed by atoms with Gasteiger partial charge in [-0.25, -0.2) is 0 Å². The minimum atomic E-state index is -0.199. The zero-order valence-electron chi connectivity index (χ0n) is 11.4. The van der Waals surface area contributed by atoms with Crippen LogP contribution in [0.5, 0.6) is 0 Å². The summed E-state index contributed by atoms with van der Waals surface area (Å²) in [4.78, 5) is 14.2. The molecule has 0 unspecified atom stereocenters. The number of rotatable bonds is 3. The molecule has 2 aromatic rings. The second kappa shape index (κ2) is 6.13. The van der Waals surface area contributed by atoms with Crippen LogP contribution < -0.4 is 10.2 Å². The van der Waals surface area contributed by atoms with Gasteiger partial charge in [0.2, 0.25) is 0 Å². The predicted molar refractivity (Wildman–Crippen MR) is 80.5 cm³/mol. The summed E-state index contributed by atoms with van der Waals surface area (Å²) in [5.74, 6) is -0.199. The van der Waals surface area contributed by atoms with Crippen molar-refractivity contribution in [2.45, 2.75) is 18.9 Å². The van der Waals surface area contributed by atoms with Crippen molar-refractivity contribution in [1.82, 2.24) is 20.7 Å². The zero-order chi connectivity index (χ0) is 14.7. The Balaban J connectivity index is 1.66. The standard InChI is InChI=1S/C14H16ClN5O/c15-11-5-1-2-6-13(11)20-7-3-4-10(9-20)17-14(21)12-8-16-19-18-12/h1-2,5-6,8,10H,3-4,7,9H2,(H,17,21)(H,16,18,19)/t10-/m1/s1. The molecule has 1 aliphatic rings. The number of carbonyl (C=O) groups excluding carboxylic acids is 1. The van der Waals surface area contributed by atoms with Gasteiger partial charge in [-0.15, -0.1) is 0 Å². The Morgan fingerprint density at radius 3 is 3.05 bits per heavy atom. The second-order valence-corrected chi connectivity index (χ2v) is 5.47. The molecule has 1 aromatic heterocycles. The van der Waals surface area contributed by atoms with Crippen LogP contribution in [0.25, 0.3) is 0 Å². The molecule has 7 heteroatoms. The van der Waals surface area contributed by atoms with Gasteiger partial charge in [0.1, 0.15) is 0 Å². The van der Waals surface area contributed by atoms with Crippen molar-refractivity contribution in [1.29, 1.82) is 0 Å². The van der Waals surface area contributed by atoms with E-state index in [1.807, 2.05) is 24.3 Å². The van der Waals surface area contributed by atoms with Gasteiger partial charge in [-0.2, -0.15) is 15.4 Å². The fraction of sp³-hybridized carbons (Fsp3) is 0.357. The van der Waals surface area contributed by atoms with E-state index in [-0.39, 0.29) is 11.9 Å². The summed E-state index contributed by atoms with van der Waals surface area (Å²) >= 11 is 6.24. The number of nitrogens with zero attached hydrogens (tertiary/aromatic N) is 3. The lowest BCUT2D eigenvalue weighted by Crippen LogP contribution is -2.48. The molecule has 0 radical (unpaired) electrons. The first-order valence-electron chi connectivity index (χ1n) is 6.90. The van der Waals surface area contributed by atoms with Crippen molar-refractivity contribution in [3.63, 3.8) is 0 Å². The largest absolute Gasteiger partial charge is 0.368 e. The number of para-hydroxylation sites is 1. The quantitative estimate of drug-likeness (QED) is 0.907. The van der Waals surface area contributed by atoms with Crippen molar-refractivity contribution < 1.29 is 4.79 Å². The smallest absolute Gasteiger partial charge is 0.273 e. The Bertz CT molecular complexity index is 616. The number of halogens is 1. The van der Waals surface area contributed by atoms with Gasteiger partial charge in [-0.1, -0.05) is 23.7 Å². The fourth-order valence-electron chi connectivity index (χ4n) is 2.59. The number of aromatic nitrogens is 3. The second-order valence-electron chi connectivity index (χ2n) is 5.07. The molecule has 2 N–H and O–H groups in total. The van der Waals surface area contributed by atoms with E-state index in [4.69, 9.17) is 11.6 Å². The molecule has 2 heterocycles. The van der Waals surface area contributed by atoms with Crippen LogP contribution >= 0.6 is 11.6 Å². The summed E-state index contributed by atoms with van der Waals surface area (Å²) < 4.78 is 0. The first-order chi connectivity index (χ1) is 10.2. The van der Waals surface area contributed by atoms with E-state index in [0.717, 1.165) is 36.6 Å². The van der Waals surface area contributed by atoms with E-state index in [9.17, 15) is 4.79 Å². The van der Waals surface area contributed by atoms with Crippen LogP contribution in [0.15, 0.2) is 30.5 Å². The van der Waals surface area contributed by atoms with Gasteiger partial charge in [-0.05, 0) is 25.0 Å². The van der Waals surface area contributed by atoms with E-state index < -0.39 is 0 Å². The number of hydrogen-bond acceptors (Lipinski definition) is 4. The average molecular weight is 306 g/mol. The molecule has 21 heavy (non-hydrogen) atoms. The van der Waals surface area contributed by atoms with E-state index in [1.165, 1.54) is 6.20 Å². The Hall–Kier alpha value is -2.08. The Morgan fingerprint density at radius 2 is 2.29 bits per heavy atom. The van der Waals surface area contributed by atoms with Crippen molar-refractivity contribution in [2.75, 3.05) is 18.0 Å². The van der Waals surface area contributed by atoms with Crippen LogP contribution in [0, 0.1) is 0 Å². The third-order valence-corrected chi connectivity index (χ3v) is 3.92. The molecular weight excluding hydrogens is 290 g/mol. The highest BCUT2D eigenvalue weighted by Gasteiger charge is 2.23. The lowest BCUT2D eigenvalue weighted by molar-refractivity contribution is 0.0928. The van der Waals surface area contributed by atoms with E-state index in [1.54, 1.807) is 0 Å². The number of anilines is 1. The van der Waals surface area contributed by atoms with Gasteiger partial charge in [0.25, 0.3) is 5.91 Å². The number of benzene rings is 1. The van der Waals surface area contributed by atoms with Crippen molar-refractivity contribution in [2.24, 2.45) is 0 Å². The van der Waals surface area contributed by atoms with E-state index in [2.05, 4.69) is 25.6 Å². The van der Waals surface area contributed by atoms with Crippen LogP contribution in [-0.4, -0.2) is 40.4 Å². The molecule has 6 nitrogen and oxygen atoms in total. The van der Waals surface area contributed by atoms with Gasteiger partial charge in [0.05, 0.1) is 16.9 Å². The summed E-state index contributed by atoms with van der Waals surface area (Å²) in [5.41, 5.74) is 1.32. The first-order valence-corrected chi connectivity index (χ1v) is 7.28. The van der Waals surface area contributed by atoms with Crippen molar-refractivity contribution in [3.05, 3.63) is 41.2 Å². The number of amides is 1. The van der Waals surface area contributed by atoms with Crippen LogP contribution in [0.2, 0.25) is 5.02 Å².